The number of carbonyl (C=O) groups is 3. The van der Waals surface area contributed by atoms with E-state index in [4.69, 9.17) is 9.47 Å². The number of esters is 1. The number of hydrogen-bond donors (Lipinski definition) is 0. The molecule has 2 fully saturated rings. The molecule has 2 aliphatic heterocycles. The Balaban J connectivity index is 1.94. The zero-order valence-electron chi connectivity index (χ0n) is 20.6. The highest BCUT2D eigenvalue weighted by molar-refractivity contribution is 5.87. The van der Waals surface area contributed by atoms with Crippen LogP contribution in [0, 0.1) is 0 Å². The molecule has 0 unspecified atom stereocenters. The van der Waals surface area contributed by atoms with E-state index in [9.17, 15) is 14.4 Å². The third kappa shape index (κ3) is 5.49. The standard InChI is InChI=1S/C25H37N3O5/c1-7-19-22(29)26(17(2)23(30)32-6)14-13-20-21(15-18-11-9-8-10-12-18)28(16-27(19)20)24(31)33-25(3,4)5/h8-12,17,19-21H,7,13-16H2,1-6H3/t17-,19-,20-,21-/m0/s1. The van der Waals surface area contributed by atoms with Gasteiger partial charge in [-0.3, -0.25) is 14.6 Å². The zero-order valence-corrected chi connectivity index (χ0v) is 20.6. The molecule has 182 valence electrons. The summed E-state index contributed by atoms with van der Waals surface area (Å²) >= 11 is 0. The first-order valence-electron chi connectivity index (χ1n) is 11.7. The highest BCUT2D eigenvalue weighted by Crippen LogP contribution is 2.33. The van der Waals surface area contributed by atoms with Crippen LogP contribution < -0.4 is 0 Å². The summed E-state index contributed by atoms with van der Waals surface area (Å²) in [5, 5.41) is 0. The van der Waals surface area contributed by atoms with Crippen molar-refractivity contribution in [1.29, 1.82) is 0 Å². The monoisotopic (exact) mass is 459 g/mol. The van der Waals surface area contributed by atoms with Gasteiger partial charge in [0.1, 0.15) is 11.6 Å². The molecule has 1 aromatic carbocycles. The molecule has 0 spiro atoms. The number of hydrogen-bond acceptors (Lipinski definition) is 6. The van der Waals surface area contributed by atoms with Crippen LogP contribution in [0.2, 0.25) is 0 Å². The Hall–Kier alpha value is -2.61. The number of ether oxygens (including phenoxy) is 2. The topological polar surface area (TPSA) is 79.4 Å². The molecule has 0 radical (unpaired) electrons. The van der Waals surface area contributed by atoms with Gasteiger partial charge >= 0.3 is 12.1 Å². The number of fused-ring (bicyclic) bond motifs is 1. The molecule has 1 aromatic rings. The summed E-state index contributed by atoms with van der Waals surface area (Å²) in [6.45, 7) is 10.00. The Labute approximate surface area is 196 Å². The van der Waals surface area contributed by atoms with E-state index < -0.39 is 23.7 Å². The van der Waals surface area contributed by atoms with E-state index in [-0.39, 0.29) is 24.1 Å². The van der Waals surface area contributed by atoms with Crippen molar-refractivity contribution >= 4 is 18.0 Å². The van der Waals surface area contributed by atoms with Crippen molar-refractivity contribution in [3.63, 3.8) is 0 Å². The predicted octanol–water partition coefficient (Wildman–Crippen LogP) is 3.05. The number of methoxy groups -OCH3 is 1. The van der Waals surface area contributed by atoms with Crippen LogP contribution in [0.25, 0.3) is 0 Å². The lowest BCUT2D eigenvalue weighted by molar-refractivity contribution is -0.153. The maximum Gasteiger partial charge on any atom is 0.411 e. The van der Waals surface area contributed by atoms with Crippen LogP contribution in [-0.2, 0) is 25.5 Å². The van der Waals surface area contributed by atoms with Crippen molar-refractivity contribution < 1.29 is 23.9 Å². The largest absolute Gasteiger partial charge is 0.467 e. The van der Waals surface area contributed by atoms with Gasteiger partial charge in [0.25, 0.3) is 0 Å². The van der Waals surface area contributed by atoms with Gasteiger partial charge in [-0.25, -0.2) is 9.59 Å². The van der Waals surface area contributed by atoms with Crippen LogP contribution in [0.3, 0.4) is 0 Å². The first-order chi connectivity index (χ1) is 15.6. The van der Waals surface area contributed by atoms with Gasteiger partial charge in [0.05, 0.1) is 25.9 Å². The summed E-state index contributed by atoms with van der Waals surface area (Å²) in [5.74, 6) is -0.515. The molecule has 0 aromatic heterocycles. The molecule has 4 atom stereocenters. The van der Waals surface area contributed by atoms with Crippen molar-refractivity contribution in [2.24, 2.45) is 0 Å². The SMILES string of the molecule is CC[C@H]1C(=O)N([C@@H](C)C(=O)OC)CC[C@H]2[C@H](Cc3ccccc3)N(C(=O)OC(C)(C)C)CN12. The number of carbonyl (C=O) groups excluding carboxylic acids is 3. The summed E-state index contributed by atoms with van der Waals surface area (Å²) in [5.41, 5.74) is 0.516. The van der Waals surface area contributed by atoms with Gasteiger partial charge in [-0.15, -0.1) is 0 Å². The molecule has 2 amide bonds. The fourth-order valence-corrected chi connectivity index (χ4v) is 4.92. The molecule has 0 bridgehead atoms. The van der Waals surface area contributed by atoms with E-state index >= 15 is 0 Å². The molecule has 0 N–H and O–H groups in total. The van der Waals surface area contributed by atoms with E-state index in [1.807, 2.05) is 45.9 Å². The van der Waals surface area contributed by atoms with E-state index in [0.717, 1.165) is 5.56 Å². The number of nitrogens with zero attached hydrogens (tertiary/aromatic N) is 3. The normalized spacial score (nSPS) is 24.8. The van der Waals surface area contributed by atoms with Gasteiger partial charge in [-0.1, -0.05) is 37.3 Å². The second-order valence-corrected chi connectivity index (χ2v) is 9.87. The number of rotatable bonds is 5. The lowest BCUT2D eigenvalue weighted by atomic mass is 9.96. The predicted molar refractivity (Wildman–Crippen MR) is 124 cm³/mol. The molecule has 8 heteroatoms. The first kappa shape index (κ1) is 25.0. The van der Waals surface area contributed by atoms with Crippen LogP contribution >= 0.6 is 0 Å². The number of benzene rings is 1. The second-order valence-electron chi connectivity index (χ2n) is 9.87. The fraction of sp³-hybridized carbons (Fsp3) is 0.640. The van der Waals surface area contributed by atoms with Gasteiger partial charge in [0, 0.05) is 12.6 Å². The van der Waals surface area contributed by atoms with Crippen molar-refractivity contribution in [3.05, 3.63) is 35.9 Å². The molecule has 3 rings (SSSR count). The van der Waals surface area contributed by atoms with Crippen LogP contribution in [0.1, 0.15) is 53.0 Å². The van der Waals surface area contributed by atoms with E-state index in [1.54, 1.807) is 16.7 Å². The minimum Gasteiger partial charge on any atom is -0.467 e. The van der Waals surface area contributed by atoms with Crippen molar-refractivity contribution in [2.75, 3.05) is 20.3 Å². The molecular formula is C25H37N3O5. The Morgan fingerprint density at radius 3 is 2.42 bits per heavy atom. The Morgan fingerprint density at radius 2 is 1.85 bits per heavy atom. The highest BCUT2D eigenvalue weighted by Gasteiger charge is 2.50. The van der Waals surface area contributed by atoms with Crippen LogP contribution in [0.5, 0.6) is 0 Å². The first-order valence-corrected chi connectivity index (χ1v) is 11.7. The van der Waals surface area contributed by atoms with Crippen molar-refractivity contribution in [1.82, 2.24) is 14.7 Å². The maximum absolute atomic E-state index is 13.5. The maximum atomic E-state index is 13.5. The summed E-state index contributed by atoms with van der Waals surface area (Å²) in [6, 6.07) is 8.83. The summed E-state index contributed by atoms with van der Waals surface area (Å²) < 4.78 is 10.6. The molecular weight excluding hydrogens is 422 g/mol. The van der Waals surface area contributed by atoms with Gasteiger partial charge in [-0.05, 0) is 52.5 Å². The molecule has 33 heavy (non-hydrogen) atoms. The quantitative estimate of drug-likeness (QED) is 0.630. The van der Waals surface area contributed by atoms with Gasteiger partial charge in [0.15, 0.2) is 0 Å². The van der Waals surface area contributed by atoms with Crippen molar-refractivity contribution in [3.8, 4) is 0 Å². The van der Waals surface area contributed by atoms with Gasteiger partial charge in [0.2, 0.25) is 5.91 Å². The molecule has 2 aliphatic rings. The summed E-state index contributed by atoms with van der Waals surface area (Å²) in [4.78, 5) is 44.4. The van der Waals surface area contributed by atoms with Crippen molar-refractivity contribution in [2.45, 2.75) is 83.6 Å². The van der Waals surface area contributed by atoms with E-state index in [2.05, 4.69) is 17.0 Å². The minimum atomic E-state index is -0.647. The Morgan fingerprint density at radius 1 is 1.18 bits per heavy atom. The van der Waals surface area contributed by atoms with E-state index in [0.29, 0.717) is 32.5 Å². The lowest BCUT2D eigenvalue weighted by Crippen LogP contribution is -2.51. The smallest absolute Gasteiger partial charge is 0.411 e. The summed E-state index contributed by atoms with van der Waals surface area (Å²) in [6.07, 6.45) is 1.54. The second kappa shape index (κ2) is 10.1. The lowest BCUT2D eigenvalue weighted by Gasteiger charge is -2.32. The zero-order chi connectivity index (χ0) is 24.3. The Bertz CT molecular complexity index is 853. The minimum absolute atomic E-state index is 0.0264. The molecule has 2 saturated heterocycles. The van der Waals surface area contributed by atoms with Crippen LogP contribution in [0.4, 0.5) is 4.79 Å². The average Bonchev–Trinajstić information content (AvgIpc) is 3.04. The highest BCUT2D eigenvalue weighted by atomic mass is 16.6. The van der Waals surface area contributed by atoms with E-state index in [1.165, 1.54) is 7.11 Å². The fourth-order valence-electron chi connectivity index (χ4n) is 4.92. The third-order valence-electron chi connectivity index (χ3n) is 6.53. The van der Waals surface area contributed by atoms with Crippen LogP contribution in [0.15, 0.2) is 30.3 Å². The Kier molecular flexibility index (Phi) is 7.67. The number of amides is 2. The third-order valence-corrected chi connectivity index (χ3v) is 6.53. The average molecular weight is 460 g/mol. The molecule has 0 saturated carbocycles. The van der Waals surface area contributed by atoms with Gasteiger partial charge < -0.3 is 14.4 Å². The summed E-state index contributed by atoms with van der Waals surface area (Å²) in [7, 11) is 1.34. The molecule has 2 heterocycles. The molecule has 0 aliphatic carbocycles. The van der Waals surface area contributed by atoms with Gasteiger partial charge in [-0.2, -0.15) is 0 Å². The van der Waals surface area contributed by atoms with Crippen LogP contribution in [-0.4, -0.2) is 82.8 Å². The molecule has 8 nitrogen and oxygen atoms in total.